The summed E-state index contributed by atoms with van der Waals surface area (Å²) in [6.45, 7) is 0.751. The Labute approximate surface area is 198 Å². The van der Waals surface area contributed by atoms with Crippen molar-refractivity contribution in [3.05, 3.63) is 82.6 Å². The minimum absolute atomic E-state index is 0.149. The largest absolute Gasteiger partial charge is 0.417 e. The molecule has 5 nitrogen and oxygen atoms in total. The molecule has 0 spiro atoms. The second-order valence-electron chi connectivity index (χ2n) is 8.02. The maximum Gasteiger partial charge on any atom is 0.417 e. The van der Waals surface area contributed by atoms with Crippen molar-refractivity contribution in [2.24, 2.45) is 0 Å². The van der Waals surface area contributed by atoms with E-state index in [1.807, 2.05) is 18.2 Å². The molecular formula is C24H21ClF4N4O. The first kappa shape index (κ1) is 24.1. The Balaban J connectivity index is 1.68. The summed E-state index contributed by atoms with van der Waals surface area (Å²) >= 11 is 5.93. The zero-order chi connectivity index (χ0) is 24.3. The molecule has 0 aliphatic carbocycles. The molecule has 1 aromatic carbocycles. The summed E-state index contributed by atoms with van der Waals surface area (Å²) in [6.07, 6.45) is 0.300. The van der Waals surface area contributed by atoms with Crippen molar-refractivity contribution in [3.63, 3.8) is 0 Å². The number of alkyl halides is 3. The Morgan fingerprint density at radius 1 is 1.12 bits per heavy atom. The van der Waals surface area contributed by atoms with Crippen LogP contribution < -0.4 is 10.6 Å². The summed E-state index contributed by atoms with van der Waals surface area (Å²) in [7, 11) is 0. The molecule has 3 aromatic rings. The Morgan fingerprint density at radius 2 is 1.94 bits per heavy atom. The van der Waals surface area contributed by atoms with E-state index >= 15 is 0 Å². The van der Waals surface area contributed by atoms with Crippen LogP contribution in [-0.4, -0.2) is 28.5 Å². The van der Waals surface area contributed by atoms with Gasteiger partial charge in [0.05, 0.1) is 16.6 Å². The first-order chi connectivity index (χ1) is 16.2. The summed E-state index contributed by atoms with van der Waals surface area (Å²) in [5.74, 6) is -1.40. The van der Waals surface area contributed by atoms with Gasteiger partial charge >= 0.3 is 6.18 Å². The molecule has 1 aliphatic rings. The van der Waals surface area contributed by atoms with Gasteiger partial charge in [-0.2, -0.15) is 17.6 Å². The normalized spacial score (nSPS) is 17.3. The van der Waals surface area contributed by atoms with Crippen molar-refractivity contribution in [2.45, 2.75) is 37.5 Å². The SMILES string of the molecule is O=C(NC(c1cccc(-c2ccc(F)nc2)c1)[C@@H]1CCCCN1)c1nccc(C(F)(F)F)c1Cl. The van der Waals surface area contributed by atoms with Crippen LogP contribution in [0.1, 0.15) is 46.9 Å². The van der Waals surface area contributed by atoms with Crippen molar-refractivity contribution >= 4 is 17.5 Å². The fourth-order valence-electron chi connectivity index (χ4n) is 4.07. The fraction of sp³-hybridized carbons (Fsp3) is 0.292. The zero-order valence-electron chi connectivity index (χ0n) is 17.9. The Morgan fingerprint density at radius 3 is 2.62 bits per heavy atom. The van der Waals surface area contributed by atoms with Gasteiger partial charge in [-0.05, 0) is 54.8 Å². The predicted molar refractivity (Wildman–Crippen MR) is 120 cm³/mol. The topological polar surface area (TPSA) is 66.9 Å². The highest BCUT2D eigenvalue weighted by atomic mass is 35.5. The van der Waals surface area contributed by atoms with Gasteiger partial charge < -0.3 is 10.6 Å². The van der Waals surface area contributed by atoms with Crippen LogP contribution in [0.4, 0.5) is 17.6 Å². The number of hydrogen-bond acceptors (Lipinski definition) is 4. The van der Waals surface area contributed by atoms with Crippen LogP contribution in [-0.2, 0) is 6.18 Å². The van der Waals surface area contributed by atoms with Crippen molar-refractivity contribution in [1.29, 1.82) is 0 Å². The smallest absolute Gasteiger partial charge is 0.342 e. The first-order valence-electron chi connectivity index (χ1n) is 10.7. The van der Waals surface area contributed by atoms with Gasteiger partial charge in [-0.1, -0.05) is 36.2 Å². The number of rotatable bonds is 5. The molecule has 1 amide bonds. The molecule has 3 heterocycles. The summed E-state index contributed by atoms with van der Waals surface area (Å²) < 4.78 is 53.0. The number of pyridine rings is 2. The molecular weight excluding hydrogens is 472 g/mol. The van der Waals surface area contributed by atoms with E-state index < -0.39 is 40.4 Å². The van der Waals surface area contributed by atoms with E-state index in [-0.39, 0.29) is 6.04 Å². The molecule has 0 bridgehead atoms. The third-order valence-electron chi connectivity index (χ3n) is 5.75. The van der Waals surface area contributed by atoms with E-state index in [0.29, 0.717) is 5.56 Å². The molecule has 1 saturated heterocycles. The average Bonchev–Trinajstić information content (AvgIpc) is 2.83. The van der Waals surface area contributed by atoms with Gasteiger partial charge in [-0.25, -0.2) is 9.97 Å². The summed E-state index contributed by atoms with van der Waals surface area (Å²) in [5.41, 5.74) is 0.573. The molecule has 1 fully saturated rings. The molecule has 1 unspecified atom stereocenters. The highest BCUT2D eigenvalue weighted by molar-refractivity contribution is 6.34. The van der Waals surface area contributed by atoms with Gasteiger partial charge in [0, 0.05) is 24.0 Å². The molecule has 4 rings (SSSR count). The number of nitrogens with zero attached hydrogens (tertiary/aromatic N) is 2. The minimum atomic E-state index is -4.71. The Bertz CT molecular complexity index is 1160. The van der Waals surface area contributed by atoms with Gasteiger partial charge in [0.1, 0.15) is 5.69 Å². The minimum Gasteiger partial charge on any atom is -0.342 e. The number of carbonyl (C=O) groups is 1. The number of amides is 1. The van der Waals surface area contributed by atoms with Crippen molar-refractivity contribution in [1.82, 2.24) is 20.6 Å². The number of halogens is 5. The lowest BCUT2D eigenvalue weighted by Crippen LogP contribution is -2.46. The molecule has 10 heteroatoms. The van der Waals surface area contributed by atoms with Crippen LogP contribution in [0.5, 0.6) is 0 Å². The van der Waals surface area contributed by atoms with E-state index in [9.17, 15) is 22.4 Å². The standard InChI is InChI=1S/C24H21ClF4N4O/c25-20-17(24(27,28)29)9-11-31-22(20)23(34)33-21(18-6-1-2-10-30-18)15-5-3-4-14(12-15)16-7-8-19(26)32-13-16/h3-5,7-9,11-13,18,21,30H,1-2,6,10H2,(H,33,34)/t18-,21?/m0/s1. The molecule has 34 heavy (non-hydrogen) atoms. The number of carbonyl (C=O) groups excluding carboxylic acids is 1. The maximum absolute atomic E-state index is 13.3. The number of benzene rings is 1. The van der Waals surface area contributed by atoms with Gasteiger partial charge in [0.2, 0.25) is 5.95 Å². The monoisotopic (exact) mass is 492 g/mol. The lowest BCUT2D eigenvalue weighted by atomic mass is 9.90. The molecule has 2 atom stereocenters. The van der Waals surface area contributed by atoms with E-state index in [4.69, 9.17) is 11.6 Å². The molecule has 1 aliphatic heterocycles. The van der Waals surface area contributed by atoms with E-state index in [1.54, 1.807) is 12.1 Å². The fourth-order valence-corrected chi connectivity index (χ4v) is 4.37. The van der Waals surface area contributed by atoms with Gasteiger partial charge in [-0.3, -0.25) is 4.79 Å². The van der Waals surface area contributed by atoms with E-state index in [1.165, 1.54) is 12.3 Å². The Hall–Kier alpha value is -3.04. The van der Waals surface area contributed by atoms with Crippen molar-refractivity contribution in [2.75, 3.05) is 6.54 Å². The van der Waals surface area contributed by atoms with Gasteiger partial charge in [-0.15, -0.1) is 0 Å². The molecule has 0 radical (unpaired) electrons. The Kier molecular flexibility index (Phi) is 7.13. The third-order valence-corrected chi connectivity index (χ3v) is 6.14. The number of nitrogens with one attached hydrogen (secondary N) is 2. The second kappa shape index (κ2) is 10.1. The lowest BCUT2D eigenvalue weighted by Gasteiger charge is -2.32. The summed E-state index contributed by atoms with van der Waals surface area (Å²) in [4.78, 5) is 20.6. The average molecular weight is 493 g/mol. The maximum atomic E-state index is 13.3. The van der Waals surface area contributed by atoms with Crippen LogP contribution >= 0.6 is 11.6 Å². The van der Waals surface area contributed by atoms with Crippen LogP contribution in [0.3, 0.4) is 0 Å². The number of aromatic nitrogens is 2. The van der Waals surface area contributed by atoms with Gasteiger partial charge in [0.25, 0.3) is 5.91 Å². The van der Waals surface area contributed by atoms with Crippen LogP contribution in [0.15, 0.2) is 54.9 Å². The molecule has 2 N–H and O–H groups in total. The molecule has 0 saturated carbocycles. The highest BCUT2D eigenvalue weighted by Crippen LogP contribution is 2.36. The number of piperidine rings is 1. The summed E-state index contributed by atoms with van der Waals surface area (Å²) in [6, 6.07) is 10.2. The van der Waals surface area contributed by atoms with Crippen molar-refractivity contribution in [3.8, 4) is 11.1 Å². The number of hydrogen-bond donors (Lipinski definition) is 2. The van der Waals surface area contributed by atoms with Crippen LogP contribution in [0.25, 0.3) is 11.1 Å². The van der Waals surface area contributed by atoms with Crippen LogP contribution in [0, 0.1) is 5.95 Å². The first-order valence-corrected chi connectivity index (χ1v) is 11.1. The quantitative estimate of drug-likeness (QED) is 0.361. The highest BCUT2D eigenvalue weighted by Gasteiger charge is 2.36. The second-order valence-corrected chi connectivity index (χ2v) is 8.40. The lowest BCUT2D eigenvalue weighted by molar-refractivity contribution is -0.137. The zero-order valence-corrected chi connectivity index (χ0v) is 18.6. The third kappa shape index (κ3) is 5.37. The molecule has 178 valence electrons. The summed E-state index contributed by atoms with van der Waals surface area (Å²) in [5, 5.41) is 5.47. The van der Waals surface area contributed by atoms with Crippen molar-refractivity contribution < 1.29 is 22.4 Å². The predicted octanol–water partition coefficient (Wildman–Crippen LogP) is 5.57. The van der Waals surface area contributed by atoms with Crippen LogP contribution in [0.2, 0.25) is 5.02 Å². The van der Waals surface area contributed by atoms with E-state index in [0.717, 1.165) is 49.2 Å². The van der Waals surface area contributed by atoms with E-state index in [2.05, 4.69) is 20.6 Å². The van der Waals surface area contributed by atoms with Gasteiger partial charge in [0.15, 0.2) is 0 Å². The molecule has 2 aromatic heterocycles.